The summed E-state index contributed by atoms with van der Waals surface area (Å²) in [6.45, 7) is 1.80. The van der Waals surface area contributed by atoms with Gasteiger partial charge in [0.1, 0.15) is 5.56 Å². The zero-order chi connectivity index (χ0) is 12.4. The van der Waals surface area contributed by atoms with Gasteiger partial charge in [0.25, 0.3) is 11.5 Å². The fraction of sp³-hybridized carbons (Fsp3) is 0.0909. The highest BCUT2D eigenvalue weighted by Crippen LogP contribution is 2.14. The van der Waals surface area contributed by atoms with Crippen molar-refractivity contribution in [1.29, 1.82) is 0 Å². The van der Waals surface area contributed by atoms with Gasteiger partial charge in [-0.15, -0.1) is 0 Å². The first kappa shape index (κ1) is 11.0. The molecule has 0 radical (unpaired) electrons. The fourth-order valence-corrected chi connectivity index (χ4v) is 1.42. The van der Waals surface area contributed by atoms with Gasteiger partial charge in [-0.05, 0) is 13.0 Å². The molecule has 0 saturated carbocycles. The third kappa shape index (κ3) is 2.20. The Morgan fingerprint density at radius 1 is 1.41 bits per heavy atom. The zero-order valence-corrected chi connectivity index (χ0v) is 9.10. The second-order valence-corrected chi connectivity index (χ2v) is 3.54. The third-order valence-corrected chi connectivity index (χ3v) is 2.22. The average molecular weight is 230 g/mol. The Morgan fingerprint density at radius 3 is 2.82 bits per heavy atom. The first-order chi connectivity index (χ1) is 8.08. The molecule has 0 saturated heterocycles. The largest absolute Gasteiger partial charge is 0.365 e. The monoisotopic (exact) mass is 230 g/mol. The zero-order valence-electron chi connectivity index (χ0n) is 9.10. The Morgan fingerprint density at radius 2 is 2.18 bits per heavy atom. The van der Waals surface area contributed by atoms with Crippen molar-refractivity contribution in [3.05, 3.63) is 46.3 Å². The van der Waals surface area contributed by atoms with Crippen LogP contribution < -0.4 is 11.3 Å². The molecule has 0 unspecified atom stereocenters. The number of aryl methyl sites for hydroxylation is 1. The lowest BCUT2D eigenvalue weighted by molar-refractivity contribution is 0.0999. The molecule has 2 aromatic rings. The Balaban J connectivity index is 2.58. The average Bonchev–Trinajstić information content (AvgIpc) is 2.29. The third-order valence-electron chi connectivity index (χ3n) is 2.22. The topological polar surface area (TPSA) is 102 Å². The van der Waals surface area contributed by atoms with Gasteiger partial charge in [0.2, 0.25) is 0 Å². The van der Waals surface area contributed by atoms with Crippen molar-refractivity contribution in [2.24, 2.45) is 5.73 Å². The molecule has 0 bridgehead atoms. The van der Waals surface area contributed by atoms with E-state index in [1.165, 1.54) is 12.3 Å². The van der Waals surface area contributed by atoms with Crippen LogP contribution in [0.1, 0.15) is 16.1 Å². The van der Waals surface area contributed by atoms with Gasteiger partial charge in [-0.3, -0.25) is 14.6 Å². The number of rotatable bonds is 2. The van der Waals surface area contributed by atoms with Crippen LogP contribution >= 0.6 is 0 Å². The molecule has 0 atom stereocenters. The molecular weight excluding hydrogens is 220 g/mol. The van der Waals surface area contributed by atoms with E-state index in [0.717, 1.165) is 5.69 Å². The normalized spacial score (nSPS) is 10.2. The van der Waals surface area contributed by atoms with Crippen LogP contribution in [0.2, 0.25) is 0 Å². The molecule has 0 aliphatic heterocycles. The molecule has 0 spiro atoms. The van der Waals surface area contributed by atoms with E-state index in [-0.39, 0.29) is 5.56 Å². The molecule has 0 aliphatic carbocycles. The van der Waals surface area contributed by atoms with Crippen molar-refractivity contribution in [3.63, 3.8) is 0 Å². The van der Waals surface area contributed by atoms with Crippen molar-refractivity contribution in [3.8, 4) is 11.3 Å². The number of aromatic amines is 1. The lowest BCUT2D eigenvalue weighted by Crippen LogP contribution is -2.23. The summed E-state index contributed by atoms with van der Waals surface area (Å²) in [7, 11) is 0. The van der Waals surface area contributed by atoms with Crippen LogP contribution in [-0.4, -0.2) is 20.9 Å². The summed E-state index contributed by atoms with van der Waals surface area (Å²) in [4.78, 5) is 33.0. The van der Waals surface area contributed by atoms with Gasteiger partial charge in [-0.2, -0.15) is 0 Å². The Labute approximate surface area is 96.5 Å². The summed E-state index contributed by atoms with van der Waals surface area (Å²) < 4.78 is 0. The molecule has 86 valence electrons. The molecule has 1 amide bonds. The quantitative estimate of drug-likeness (QED) is 0.771. The van der Waals surface area contributed by atoms with E-state index in [0.29, 0.717) is 11.3 Å². The van der Waals surface area contributed by atoms with E-state index < -0.39 is 11.5 Å². The molecule has 0 aromatic carbocycles. The molecule has 3 N–H and O–H groups in total. The maximum absolute atomic E-state index is 11.3. The van der Waals surface area contributed by atoms with Crippen LogP contribution in [0.4, 0.5) is 0 Å². The highest BCUT2D eigenvalue weighted by molar-refractivity contribution is 5.93. The number of H-pyrrole nitrogens is 1. The highest BCUT2D eigenvalue weighted by Gasteiger charge is 2.09. The van der Waals surface area contributed by atoms with Crippen LogP contribution in [-0.2, 0) is 0 Å². The number of hydrogen-bond acceptors (Lipinski definition) is 4. The Bertz CT molecular complexity index is 633. The minimum Gasteiger partial charge on any atom is -0.365 e. The summed E-state index contributed by atoms with van der Waals surface area (Å²) in [5, 5.41) is 0. The van der Waals surface area contributed by atoms with Crippen molar-refractivity contribution in [2.75, 3.05) is 0 Å². The van der Waals surface area contributed by atoms with Gasteiger partial charge in [0.05, 0.1) is 17.6 Å². The standard InChI is InChI=1S/C11H10N4O2/c1-6-3-13-5-9(15-6)7-2-8(10(12)16)11(17)14-4-7/h2-5H,1H3,(H2,12,16)(H,14,17). The van der Waals surface area contributed by atoms with Crippen molar-refractivity contribution in [2.45, 2.75) is 6.92 Å². The molecule has 6 heteroatoms. The van der Waals surface area contributed by atoms with E-state index in [4.69, 9.17) is 5.73 Å². The SMILES string of the molecule is Cc1cncc(-c2c[nH]c(=O)c(C(N)=O)c2)n1. The number of primary amides is 1. The van der Waals surface area contributed by atoms with Crippen LogP contribution in [0, 0.1) is 6.92 Å². The number of carbonyl (C=O) groups is 1. The molecular formula is C11H10N4O2. The van der Waals surface area contributed by atoms with Crippen molar-refractivity contribution in [1.82, 2.24) is 15.0 Å². The lowest BCUT2D eigenvalue weighted by Gasteiger charge is -2.02. The molecule has 2 heterocycles. The number of hydrogen-bond donors (Lipinski definition) is 2. The highest BCUT2D eigenvalue weighted by atomic mass is 16.2. The number of amides is 1. The van der Waals surface area contributed by atoms with Gasteiger partial charge in [-0.25, -0.2) is 4.98 Å². The number of nitrogens with two attached hydrogens (primary N) is 1. The molecule has 6 nitrogen and oxygen atoms in total. The van der Waals surface area contributed by atoms with Crippen molar-refractivity contribution < 1.29 is 4.79 Å². The molecule has 0 fully saturated rings. The number of pyridine rings is 1. The van der Waals surface area contributed by atoms with Crippen LogP contribution in [0.3, 0.4) is 0 Å². The van der Waals surface area contributed by atoms with E-state index in [1.54, 1.807) is 19.3 Å². The van der Waals surface area contributed by atoms with E-state index in [9.17, 15) is 9.59 Å². The minimum atomic E-state index is -0.770. The second kappa shape index (κ2) is 4.17. The van der Waals surface area contributed by atoms with Gasteiger partial charge in [0, 0.05) is 18.0 Å². The Hall–Kier alpha value is -2.50. The van der Waals surface area contributed by atoms with Crippen LogP contribution in [0.15, 0.2) is 29.5 Å². The number of nitrogens with one attached hydrogen (secondary N) is 1. The first-order valence-electron chi connectivity index (χ1n) is 4.89. The van der Waals surface area contributed by atoms with E-state index in [2.05, 4.69) is 15.0 Å². The number of carbonyl (C=O) groups excluding carboxylic acids is 1. The number of nitrogens with zero attached hydrogens (tertiary/aromatic N) is 2. The Kier molecular flexibility index (Phi) is 2.70. The molecule has 17 heavy (non-hydrogen) atoms. The van der Waals surface area contributed by atoms with Gasteiger partial charge in [0.15, 0.2) is 0 Å². The van der Waals surface area contributed by atoms with E-state index >= 15 is 0 Å². The summed E-state index contributed by atoms with van der Waals surface area (Å²) in [6.07, 6.45) is 4.63. The molecule has 0 aliphatic rings. The first-order valence-corrected chi connectivity index (χ1v) is 4.89. The minimum absolute atomic E-state index is 0.0918. The second-order valence-electron chi connectivity index (χ2n) is 3.54. The maximum atomic E-state index is 11.3. The predicted molar refractivity (Wildman–Crippen MR) is 61.3 cm³/mol. The van der Waals surface area contributed by atoms with Crippen LogP contribution in [0.25, 0.3) is 11.3 Å². The fourth-order valence-electron chi connectivity index (χ4n) is 1.42. The summed E-state index contributed by atoms with van der Waals surface area (Å²) in [6, 6.07) is 1.41. The summed E-state index contributed by atoms with van der Waals surface area (Å²) >= 11 is 0. The maximum Gasteiger partial charge on any atom is 0.260 e. The lowest BCUT2D eigenvalue weighted by atomic mass is 10.1. The summed E-state index contributed by atoms with van der Waals surface area (Å²) in [5.74, 6) is -0.770. The van der Waals surface area contributed by atoms with Gasteiger partial charge >= 0.3 is 0 Å². The van der Waals surface area contributed by atoms with Gasteiger partial charge in [-0.1, -0.05) is 0 Å². The van der Waals surface area contributed by atoms with Crippen LogP contribution in [0.5, 0.6) is 0 Å². The van der Waals surface area contributed by atoms with Crippen molar-refractivity contribution >= 4 is 5.91 Å². The van der Waals surface area contributed by atoms with Gasteiger partial charge < -0.3 is 10.7 Å². The predicted octanol–water partition coefficient (Wildman–Crippen LogP) is 0.239. The van der Waals surface area contributed by atoms with E-state index in [1.807, 2.05) is 0 Å². The smallest absolute Gasteiger partial charge is 0.260 e. The molecule has 2 aromatic heterocycles. The number of aromatic nitrogens is 3. The molecule has 2 rings (SSSR count). The summed E-state index contributed by atoms with van der Waals surface area (Å²) in [5.41, 5.74) is 6.40.